The summed E-state index contributed by atoms with van der Waals surface area (Å²) >= 11 is 0. The molecule has 0 spiro atoms. The Morgan fingerprint density at radius 3 is 2.92 bits per heavy atom. The minimum Gasteiger partial charge on any atom is -0.481 e. The zero-order chi connectivity index (χ0) is 9.68. The van der Waals surface area contributed by atoms with E-state index in [1.54, 1.807) is 12.5 Å². The van der Waals surface area contributed by atoms with E-state index in [4.69, 9.17) is 9.52 Å². The van der Waals surface area contributed by atoms with Crippen molar-refractivity contribution in [2.45, 2.75) is 26.2 Å². The van der Waals surface area contributed by atoms with Gasteiger partial charge in [-0.2, -0.15) is 0 Å². The highest BCUT2D eigenvalue weighted by Crippen LogP contribution is 2.14. The van der Waals surface area contributed by atoms with E-state index in [-0.39, 0.29) is 5.92 Å². The van der Waals surface area contributed by atoms with E-state index in [1.807, 2.05) is 13.0 Å². The first-order chi connectivity index (χ1) is 6.24. The molecule has 72 valence electrons. The lowest BCUT2D eigenvalue weighted by Gasteiger charge is -2.08. The summed E-state index contributed by atoms with van der Waals surface area (Å²) in [7, 11) is 0. The highest BCUT2D eigenvalue weighted by atomic mass is 16.4. The van der Waals surface area contributed by atoms with Gasteiger partial charge in [-0.15, -0.1) is 0 Å². The van der Waals surface area contributed by atoms with Crippen LogP contribution in [0.2, 0.25) is 0 Å². The number of aliphatic carboxylic acids is 1. The number of furan rings is 1. The predicted molar refractivity (Wildman–Crippen MR) is 48.4 cm³/mol. The fourth-order valence-corrected chi connectivity index (χ4v) is 1.35. The van der Waals surface area contributed by atoms with Crippen LogP contribution in [0.3, 0.4) is 0 Å². The van der Waals surface area contributed by atoms with Gasteiger partial charge in [-0.05, 0) is 24.5 Å². The van der Waals surface area contributed by atoms with Gasteiger partial charge in [-0.1, -0.05) is 13.3 Å². The van der Waals surface area contributed by atoms with Crippen molar-refractivity contribution in [2.75, 3.05) is 0 Å². The van der Waals surface area contributed by atoms with Crippen LogP contribution in [0, 0.1) is 5.92 Å². The number of carboxylic acid groups (broad SMARTS) is 1. The zero-order valence-corrected chi connectivity index (χ0v) is 7.69. The Bertz CT molecular complexity index is 251. The molecular formula is C10H14O3. The molecule has 0 radical (unpaired) electrons. The molecule has 1 atom stereocenters. The van der Waals surface area contributed by atoms with Gasteiger partial charge in [0.15, 0.2) is 0 Å². The molecule has 13 heavy (non-hydrogen) atoms. The molecular weight excluding hydrogens is 168 g/mol. The van der Waals surface area contributed by atoms with E-state index < -0.39 is 5.97 Å². The topological polar surface area (TPSA) is 50.4 Å². The molecule has 1 rings (SSSR count). The van der Waals surface area contributed by atoms with Gasteiger partial charge in [0, 0.05) is 0 Å². The molecule has 0 aliphatic heterocycles. The fourth-order valence-electron chi connectivity index (χ4n) is 1.35. The Morgan fingerprint density at radius 2 is 2.46 bits per heavy atom. The van der Waals surface area contributed by atoms with Crippen molar-refractivity contribution in [3.63, 3.8) is 0 Å². The molecule has 0 saturated carbocycles. The van der Waals surface area contributed by atoms with Crippen LogP contribution in [0.1, 0.15) is 25.3 Å². The Labute approximate surface area is 77.4 Å². The minimum atomic E-state index is -0.719. The molecule has 1 unspecified atom stereocenters. The van der Waals surface area contributed by atoms with Crippen LogP contribution in [-0.4, -0.2) is 11.1 Å². The third kappa shape index (κ3) is 2.93. The summed E-state index contributed by atoms with van der Waals surface area (Å²) in [4.78, 5) is 10.8. The maximum atomic E-state index is 10.8. The van der Waals surface area contributed by atoms with E-state index in [0.717, 1.165) is 18.4 Å². The maximum absolute atomic E-state index is 10.8. The second-order valence-corrected chi connectivity index (χ2v) is 3.16. The molecule has 0 saturated heterocycles. The van der Waals surface area contributed by atoms with Gasteiger partial charge in [-0.25, -0.2) is 0 Å². The maximum Gasteiger partial charge on any atom is 0.306 e. The summed E-state index contributed by atoms with van der Waals surface area (Å²) in [6.45, 7) is 1.99. The quantitative estimate of drug-likeness (QED) is 0.760. The molecule has 1 aromatic heterocycles. The van der Waals surface area contributed by atoms with E-state index in [1.165, 1.54) is 0 Å². The van der Waals surface area contributed by atoms with Gasteiger partial charge in [0.2, 0.25) is 0 Å². The highest BCUT2D eigenvalue weighted by Gasteiger charge is 2.16. The van der Waals surface area contributed by atoms with Crippen LogP contribution < -0.4 is 0 Å². The normalized spacial score (nSPS) is 12.7. The van der Waals surface area contributed by atoms with E-state index in [9.17, 15) is 4.79 Å². The molecule has 0 aliphatic carbocycles. The molecule has 3 heteroatoms. The average Bonchev–Trinajstić information content (AvgIpc) is 2.56. The molecule has 3 nitrogen and oxygen atoms in total. The molecule has 0 fully saturated rings. The number of hydrogen-bond donors (Lipinski definition) is 1. The Kier molecular flexibility index (Phi) is 3.55. The van der Waals surface area contributed by atoms with Crippen LogP contribution in [0.5, 0.6) is 0 Å². The van der Waals surface area contributed by atoms with Gasteiger partial charge in [0.25, 0.3) is 0 Å². The second kappa shape index (κ2) is 4.70. The monoisotopic (exact) mass is 182 g/mol. The fraction of sp³-hybridized carbons (Fsp3) is 0.500. The molecule has 0 aliphatic rings. The van der Waals surface area contributed by atoms with Crippen molar-refractivity contribution in [1.82, 2.24) is 0 Å². The Balaban J connectivity index is 2.52. The molecule has 0 bridgehead atoms. The largest absolute Gasteiger partial charge is 0.481 e. The van der Waals surface area contributed by atoms with Gasteiger partial charge < -0.3 is 9.52 Å². The van der Waals surface area contributed by atoms with Crippen molar-refractivity contribution >= 4 is 5.97 Å². The molecule has 0 amide bonds. The van der Waals surface area contributed by atoms with Gasteiger partial charge in [0.05, 0.1) is 18.4 Å². The standard InChI is InChI=1S/C10H14O3/c1-2-3-9(10(11)12)6-8-4-5-13-7-8/h4-5,7,9H,2-3,6H2,1H3,(H,11,12). The molecule has 1 heterocycles. The first-order valence-electron chi connectivity index (χ1n) is 4.48. The summed E-state index contributed by atoms with van der Waals surface area (Å²) in [5.41, 5.74) is 0.959. The van der Waals surface area contributed by atoms with Crippen molar-refractivity contribution in [2.24, 2.45) is 5.92 Å². The van der Waals surface area contributed by atoms with Crippen LogP contribution in [0.15, 0.2) is 23.0 Å². The lowest BCUT2D eigenvalue weighted by molar-refractivity contribution is -0.141. The summed E-state index contributed by atoms with van der Waals surface area (Å²) in [5, 5.41) is 8.87. The molecule has 0 aromatic carbocycles. The van der Waals surface area contributed by atoms with Crippen LogP contribution in [-0.2, 0) is 11.2 Å². The Hall–Kier alpha value is -1.25. The van der Waals surface area contributed by atoms with Gasteiger partial charge >= 0.3 is 5.97 Å². The second-order valence-electron chi connectivity index (χ2n) is 3.16. The average molecular weight is 182 g/mol. The first kappa shape index (κ1) is 9.84. The highest BCUT2D eigenvalue weighted by molar-refractivity contribution is 5.70. The molecule has 1 aromatic rings. The smallest absolute Gasteiger partial charge is 0.306 e. The minimum absolute atomic E-state index is 0.275. The SMILES string of the molecule is CCCC(Cc1ccoc1)C(=O)O. The van der Waals surface area contributed by atoms with Crippen LogP contribution >= 0.6 is 0 Å². The summed E-state index contributed by atoms with van der Waals surface area (Å²) in [6, 6.07) is 1.81. The van der Waals surface area contributed by atoms with Gasteiger partial charge in [-0.3, -0.25) is 4.79 Å². The summed E-state index contributed by atoms with van der Waals surface area (Å²) in [6.07, 6.45) is 5.36. The third-order valence-corrected chi connectivity index (χ3v) is 2.05. The van der Waals surface area contributed by atoms with Crippen LogP contribution in [0.4, 0.5) is 0 Å². The van der Waals surface area contributed by atoms with Crippen LogP contribution in [0.25, 0.3) is 0 Å². The Morgan fingerprint density at radius 1 is 1.69 bits per heavy atom. The van der Waals surface area contributed by atoms with Crippen molar-refractivity contribution in [1.29, 1.82) is 0 Å². The number of hydrogen-bond acceptors (Lipinski definition) is 2. The number of carboxylic acids is 1. The molecule has 1 N–H and O–H groups in total. The van der Waals surface area contributed by atoms with E-state index >= 15 is 0 Å². The zero-order valence-electron chi connectivity index (χ0n) is 7.69. The number of rotatable bonds is 5. The summed E-state index contributed by atoms with van der Waals surface area (Å²) in [5.74, 6) is -0.995. The predicted octanol–water partition coefficient (Wildman–Crippen LogP) is 2.32. The van der Waals surface area contributed by atoms with Crippen molar-refractivity contribution in [3.8, 4) is 0 Å². The van der Waals surface area contributed by atoms with E-state index in [0.29, 0.717) is 6.42 Å². The van der Waals surface area contributed by atoms with Gasteiger partial charge in [0.1, 0.15) is 0 Å². The summed E-state index contributed by atoms with van der Waals surface area (Å²) < 4.78 is 4.88. The lowest BCUT2D eigenvalue weighted by Crippen LogP contribution is -2.15. The van der Waals surface area contributed by atoms with Crippen molar-refractivity contribution in [3.05, 3.63) is 24.2 Å². The third-order valence-electron chi connectivity index (χ3n) is 2.05. The van der Waals surface area contributed by atoms with Crippen molar-refractivity contribution < 1.29 is 14.3 Å². The van der Waals surface area contributed by atoms with E-state index in [2.05, 4.69) is 0 Å². The number of carbonyl (C=O) groups is 1. The first-order valence-corrected chi connectivity index (χ1v) is 4.48. The lowest BCUT2D eigenvalue weighted by atomic mass is 9.97.